The molecule has 0 fully saturated rings. The Balaban J connectivity index is 1.51. The lowest BCUT2D eigenvalue weighted by Crippen LogP contribution is -2.01. The van der Waals surface area contributed by atoms with Crippen LogP contribution in [0.4, 0.5) is 4.39 Å². The average molecular weight is 408 g/mol. The molecule has 0 atom stereocenters. The number of aryl methyl sites for hydroxylation is 1. The second-order valence-corrected chi connectivity index (χ2v) is 7.13. The highest BCUT2D eigenvalue weighted by Gasteiger charge is 2.14. The predicted molar refractivity (Wildman–Crippen MR) is 108 cm³/mol. The van der Waals surface area contributed by atoms with E-state index < -0.39 is 0 Å². The van der Waals surface area contributed by atoms with Crippen LogP contribution in [0.5, 0.6) is 0 Å². The van der Waals surface area contributed by atoms with Gasteiger partial charge in [0, 0.05) is 39.8 Å². The number of halogens is 2. The first-order valence-electron chi connectivity index (χ1n) is 8.90. The van der Waals surface area contributed by atoms with Crippen molar-refractivity contribution in [2.75, 3.05) is 0 Å². The second kappa shape index (κ2) is 6.82. The van der Waals surface area contributed by atoms with Gasteiger partial charge in [0.25, 0.3) is 0 Å². The molecule has 0 aliphatic carbocycles. The smallest absolute Gasteiger partial charge is 0.156 e. The number of rotatable bonds is 4. The highest BCUT2D eigenvalue weighted by Crippen LogP contribution is 2.29. The van der Waals surface area contributed by atoms with Crippen molar-refractivity contribution < 1.29 is 4.39 Å². The summed E-state index contributed by atoms with van der Waals surface area (Å²) in [6.45, 7) is 2.30. The lowest BCUT2D eigenvalue weighted by molar-refractivity contribution is 0.619. The topological polar surface area (TPSA) is 88.1 Å². The molecule has 0 aliphatic heterocycles. The number of fused-ring (bicyclic) bond motifs is 1. The van der Waals surface area contributed by atoms with E-state index in [1.807, 2.05) is 19.3 Å². The third kappa shape index (κ3) is 3.17. The van der Waals surface area contributed by atoms with E-state index in [2.05, 4.69) is 25.3 Å². The van der Waals surface area contributed by atoms with Gasteiger partial charge in [0.15, 0.2) is 5.65 Å². The lowest BCUT2D eigenvalue weighted by Gasteiger charge is -2.04. The van der Waals surface area contributed by atoms with Crippen LogP contribution in [0, 0.1) is 12.7 Å². The molecule has 0 radical (unpaired) electrons. The number of aromatic nitrogens is 7. The Morgan fingerprint density at radius 2 is 2.07 bits per heavy atom. The van der Waals surface area contributed by atoms with Gasteiger partial charge in [-0.3, -0.25) is 9.78 Å². The van der Waals surface area contributed by atoms with E-state index in [0.29, 0.717) is 22.8 Å². The second-order valence-electron chi connectivity index (χ2n) is 6.73. The predicted octanol–water partition coefficient (Wildman–Crippen LogP) is 4.36. The molecule has 7 nitrogen and oxygen atoms in total. The summed E-state index contributed by atoms with van der Waals surface area (Å²) in [4.78, 5) is 12.4. The summed E-state index contributed by atoms with van der Waals surface area (Å²) in [5.41, 5.74) is 6.42. The molecule has 0 bridgehead atoms. The Morgan fingerprint density at radius 3 is 2.90 bits per heavy atom. The van der Waals surface area contributed by atoms with Crippen LogP contribution in [0.2, 0.25) is 5.02 Å². The minimum atomic E-state index is -0.328. The highest BCUT2D eigenvalue weighted by molar-refractivity contribution is 6.31. The third-order valence-corrected chi connectivity index (χ3v) is 5.14. The Morgan fingerprint density at radius 1 is 1.17 bits per heavy atom. The summed E-state index contributed by atoms with van der Waals surface area (Å²) in [5.74, 6) is -0.328. The van der Waals surface area contributed by atoms with Crippen LogP contribution in [0.3, 0.4) is 0 Å². The third-order valence-electron chi connectivity index (χ3n) is 4.77. The van der Waals surface area contributed by atoms with Crippen LogP contribution >= 0.6 is 11.6 Å². The van der Waals surface area contributed by atoms with Crippen LogP contribution in [0.25, 0.3) is 33.5 Å². The average Bonchev–Trinajstić information content (AvgIpc) is 3.43. The molecule has 0 unspecified atom stereocenters. The molecule has 0 spiro atoms. The fourth-order valence-corrected chi connectivity index (χ4v) is 3.46. The lowest BCUT2D eigenvalue weighted by atomic mass is 10.1. The molecule has 29 heavy (non-hydrogen) atoms. The zero-order valence-electron chi connectivity index (χ0n) is 15.3. The van der Waals surface area contributed by atoms with Crippen molar-refractivity contribution in [2.45, 2.75) is 13.5 Å². The Kier molecular flexibility index (Phi) is 4.13. The molecule has 1 aromatic carbocycles. The number of hydrogen-bond donors (Lipinski definition) is 2. The SMILES string of the molecule is Cc1[nH]ncc1-c1cnc2[nH]cc(-c3cnn(Cc4cc(F)ccc4Cl)c3)c2n1. The van der Waals surface area contributed by atoms with Gasteiger partial charge in [-0.05, 0) is 30.7 Å². The molecular formula is C20H15ClFN7. The van der Waals surface area contributed by atoms with Crippen molar-refractivity contribution in [3.63, 3.8) is 0 Å². The van der Waals surface area contributed by atoms with Crippen molar-refractivity contribution in [1.82, 2.24) is 34.9 Å². The molecular weight excluding hydrogens is 393 g/mol. The molecule has 2 N–H and O–H groups in total. The van der Waals surface area contributed by atoms with E-state index in [4.69, 9.17) is 16.6 Å². The summed E-state index contributed by atoms with van der Waals surface area (Å²) in [7, 11) is 0. The number of aromatic amines is 2. The van der Waals surface area contributed by atoms with Crippen molar-refractivity contribution in [3.8, 4) is 22.4 Å². The van der Waals surface area contributed by atoms with Crippen molar-refractivity contribution >= 4 is 22.8 Å². The summed E-state index contributed by atoms with van der Waals surface area (Å²) in [5, 5.41) is 11.9. The number of nitrogens with zero attached hydrogens (tertiary/aromatic N) is 5. The van der Waals surface area contributed by atoms with Gasteiger partial charge < -0.3 is 4.98 Å². The molecule has 4 aromatic heterocycles. The zero-order chi connectivity index (χ0) is 20.0. The minimum absolute atomic E-state index is 0.328. The molecule has 9 heteroatoms. The van der Waals surface area contributed by atoms with Crippen LogP contribution in [0.1, 0.15) is 11.3 Å². The van der Waals surface area contributed by atoms with Gasteiger partial charge in [0.05, 0.1) is 30.8 Å². The summed E-state index contributed by atoms with van der Waals surface area (Å²) in [6.07, 6.45) is 8.93. The summed E-state index contributed by atoms with van der Waals surface area (Å²) >= 11 is 6.17. The zero-order valence-corrected chi connectivity index (χ0v) is 16.1. The van der Waals surface area contributed by atoms with Crippen molar-refractivity contribution in [1.29, 1.82) is 0 Å². The molecule has 144 valence electrons. The van der Waals surface area contributed by atoms with Gasteiger partial charge >= 0.3 is 0 Å². The number of benzene rings is 1. The van der Waals surface area contributed by atoms with Gasteiger partial charge in [0.1, 0.15) is 11.3 Å². The van der Waals surface area contributed by atoms with E-state index in [1.54, 1.807) is 29.3 Å². The summed E-state index contributed by atoms with van der Waals surface area (Å²) < 4.78 is 15.2. The number of nitrogens with one attached hydrogen (secondary N) is 2. The van der Waals surface area contributed by atoms with Crippen molar-refractivity contribution in [2.24, 2.45) is 0 Å². The minimum Gasteiger partial charge on any atom is -0.344 e. The Hall–Kier alpha value is -3.52. The first kappa shape index (κ1) is 17.6. The maximum absolute atomic E-state index is 13.5. The Labute approximate surface area is 169 Å². The van der Waals surface area contributed by atoms with E-state index in [0.717, 1.165) is 33.6 Å². The van der Waals surface area contributed by atoms with Crippen LogP contribution in [0.15, 0.2) is 49.2 Å². The summed E-state index contributed by atoms with van der Waals surface area (Å²) in [6, 6.07) is 4.30. The van der Waals surface area contributed by atoms with Crippen LogP contribution < -0.4 is 0 Å². The largest absolute Gasteiger partial charge is 0.344 e. The molecule has 0 saturated carbocycles. The Bertz CT molecular complexity index is 1330. The number of hydrogen-bond acceptors (Lipinski definition) is 4. The first-order valence-corrected chi connectivity index (χ1v) is 9.27. The van der Waals surface area contributed by atoms with Gasteiger partial charge in [0.2, 0.25) is 0 Å². The quantitative estimate of drug-likeness (QED) is 0.463. The fourth-order valence-electron chi connectivity index (χ4n) is 3.28. The van der Waals surface area contributed by atoms with E-state index >= 15 is 0 Å². The van der Waals surface area contributed by atoms with E-state index in [1.165, 1.54) is 12.1 Å². The van der Waals surface area contributed by atoms with E-state index in [-0.39, 0.29) is 5.82 Å². The van der Waals surface area contributed by atoms with Gasteiger partial charge in [-0.15, -0.1) is 0 Å². The van der Waals surface area contributed by atoms with Gasteiger partial charge in [-0.2, -0.15) is 10.2 Å². The first-order chi connectivity index (χ1) is 14.1. The maximum Gasteiger partial charge on any atom is 0.156 e. The van der Waals surface area contributed by atoms with Crippen molar-refractivity contribution in [3.05, 3.63) is 71.3 Å². The normalized spacial score (nSPS) is 11.4. The molecule has 4 heterocycles. The molecule has 5 rings (SSSR count). The number of H-pyrrole nitrogens is 2. The molecule has 0 aliphatic rings. The fraction of sp³-hybridized carbons (Fsp3) is 0.100. The van der Waals surface area contributed by atoms with Crippen LogP contribution in [-0.2, 0) is 6.54 Å². The van der Waals surface area contributed by atoms with Gasteiger partial charge in [-0.1, -0.05) is 11.6 Å². The highest BCUT2D eigenvalue weighted by atomic mass is 35.5. The monoisotopic (exact) mass is 407 g/mol. The van der Waals surface area contributed by atoms with E-state index in [9.17, 15) is 4.39 Å². The maximum atomic E-state index is 13.5. The standard InChI is InChI=1S/C20H15ClFN7/c1-11-15(7-25-28-11)18-8-24-20-19(27-18)16(6-23-20)13-5-26-29(10-13)9-12-4-14(22)2-3-17(12)21/h2-8,10H,9H2,1H3,(H,23,24)(H,25,28). The molecule has 0 saturated heterocycles. The van der Waals surface area contributed by atoms with Crippen LogP contribution in [-0.4, -0.2) is 34.9 Å². The van der Waals surface area contributed by atoms with Gasteiger partial charge in [-0.25, -0.2) is 14.4 Å². The molecule has 0 amide bonds. The molecule has 5 aromatic rings.